The van der Waals surface area contributed by atoms with E-state index < -0.39 is 5.41 Å². The van der Waals surface area contributed by atoms with Crippen molar-refractivity contribution < 1.29 is 9.53 Å². The van der Waals surface area contributed by atoms with Crippen LogP contribution < -0.4 is 5.32 Å². The fourth-order valence-electron chi connectivity index (χ4n) is 3.48. The Balaban J connectivity index is 1.87. The van der Waals surface area contributed by atoms with Crippen molar-refractivity contribution in [2.45, 2.75) is 32.2 Å². The summed E-state index contributed by atoms with van der Waals surface area (Å²) in [5.74, 6) is 6.03. The van der Waals surface area contributed by atoms with E-state index in [4.69, 9.17) is 4.74 Å². The number of nitrogens with one attached hydrogen (secondary N) is 1. The zero-order valence-electron chi connectivity index (χ0n) is 17.1. The second kappa shape index (κ2) is 8.82. The van der Waals surface area contributed by atoms with Crippen LogP contribution in [0.2, 0.25) is 0 Å². The topological polar surface area (TPSA) is 65.4 Å². The number of rotatable bonds is 5. The number of urea groups is 1. The van der Waals surface area contributed by atoms with E-state index in [1.165, 1.54) is 0 Å². The van der Waals surface area contributed by atoms with Crippen molar-refractivity contribution in [3.8, 4) is 17.9 Å². The molecule has 2 amide bonds. The van der Waals surface area contributed by atoms with Gasteiger partial charge in [0.15, 0.2) is 0 Å². The number of carbonyl (C=O) groups is 1. The lowest BCUT2D eigenvalue weighted by Gasteiger charge is -2.30. The standard InChI is InChI=1S/C24H25N3O2/c1-4-27-16-20-10-11-21(14-22(20)26-23(27)28)24(2,17-25)15-19-8-5-7-18(13-19)9-6-12-29-3/h5,7-8,10-11,13-14H,4,12,15-16H2,1-3H3,(H,26,28). The van der Waals surface area contributed by atoms with Gasteiger partial charge in [-0.2, -0.15) is 5.26 Å². The lowest BCUT2D eigenvalue weighted by atomic mass is 9.78. The number of methoxy groups -OCH3 is 1. The van der Waals surface area contributed by atoms with Crippen LogP contribution in [0.25, 0.3) is 0 Å². The van der Waals surface area contributed by atoms with Gasteiger partial charge < -0.3 is 15.0 Å². The number of nitriles is 1. The van der Waals surface area contributed by atoms with Crippen LogP contribution in [0.15, 0.2) is 42.5 Å². The molecule has 1 N–H and O–H groups in total. The molecule has 3 rings (SSSR count). The second-order valence-electron chi connectivity index (χ2n) is 7.37. The maximum absolute atomic E-state index is 12.2. The molecule has 1 unspecified atom stereocenters. The van der Waals surface area contributed by atoms with Gasteiger partial charge in [0, 0.05) is 31.5 Å². The highest BCUT2D eigenvalue weighted by Crippen LogP contribution is 2.33. The van der Waals surface area contributed by atoms with Gasteiger partial charge in [-0.1, -0.05) is 36.1 Å². The molecule has 5 nitrogen and oxygen atoms in total. The normalized spacial score (nSPS) is 14.7. The van der Waals surface area contributed by atoms with Crippen molar-refractivity contribution in [3.63, 3.8) is 0 Å². The number of hydrogen-bond donors (Lipinski definition) is 1. The first-order valence-corrected chi connectivity index (χ1v) is 9.66. The number of amides is 2. The summed E-state index contributed by atoms with van der Waals surface area (Å²) >= 11 is 0. The number of carbonyl (C=O) groups excluding carboxylic acids is 1. The maximum atomic E-state index is 12.2. The minimum atomic E-state index is -0.722. The lowest BCUT2D eigenvalue weighted by Crippen LogP contribution is -2.38. The number of nitrogens with zero attached hydrogens (tertiary/aromatic N) is 2. The Morgan fingerprint density at radius 3 is 2.83 bits per heavy atom. The summed E-state index contributed by atoms with van der Waals surface area (Å²) in [6, 6.07) is 16.2. The van der Waals surface area contributed by atoms with E-state index in [1.807, 2.05) is 56.3 Å². The van der Waals surface area contributed by atoms with E-state index >= 15 is 0 Å². The quantitative estimate of drug-likeness (QED) is 0.787. The molecule has 5 heteroatoms. The van der Waals surface area contributed by atoms with Crippen LogP contribution in [0.3, 0.4) is 0 Å². The van der Waals surface area contributed by atoms with Crippen molar-refractivity contribution in [1.29, 1.82) is 5.26 Å². The molecule has 0 fully saturated rings. The van der Waals surface area contributed by atoms with Crippen molar-refractivity contribution in [3.05, 3.63) is 64.7 Å². The molecular weight excluding hydrogens is 362 g/mol. The number of anilines is 1. The van der Waals surface area contributed by atoms with E-state index in [0.717, 1.165) is 27.9 Å². The molecule has 1 aliphatic heterocycles. The summed E-state index contributed by atoms with van der Waals surface area (Å²) in [6.07, 6.45) is 0.553. The number of ether oxygens (including phenoxy) is 1. The van der Waals surface area contributed by atoms with E-state index in [9.17, 15) is 10.1 Å². The van der Waals surface area contributed by atoms with Crippen molar-refractivity contribution in [1.82, 2.24) is 4.90 Å². The van der Waals surface area contributed by atoms with Crippen molar-refractivity contribution >= 4 is 11.7 Å². The molecule has 1 atom stereocenters. The van der Waals surface area contributed by atoms with Gasteiger partial charge in [-0.3, -0.25) is 0 Å². The maximum Gasteiger partial charge on any atom is 0.322 e. The highest BCUT2D eigenvalue weighted by atomic mass is 16.5. The van der Waals surface area contributed by atoms with Gasteiger partial charge in [0.2, 0.25) is 0 Å². The molecule has 1 heterocycles. The van der Waals surface area contributed by atoms with Gasteiger partial charge in [0.1, 0.15) is 6.61 Å². The van der Waals surface area contributed by atoms with Gasteiger partial charge in [-0.25, -0.2) is 4.79 Å². The molecule has 0 bridgehead atoms. The van der Waals surface area contributed by atoms with Crippen LogP contribution in [0.5, 0.6) is 0 Å². The first-order chi connectivity index (χ1) is 14.0. The summed E-state index contributed by atoms with van der Waals surface area (Å²) < 4.78 is 4.97. The van der Waals surface area contributed by atoms with Crippen LogP contribution in [-0.4, -0.2) is 31.2 Å². The summed E-state index contributed by atoms with van der Waals surface area (Å²) in [4.78, 5) is 13.9. The Labute approximate surface area is 172 Å². The summed E-state index contributed by atoms with van der Waals surface area (Å²) in [5.41, 5.74) is 3.96. The van der Waals surface area contributed by atoms with Crippen molar-refractivity contribution in [2.24, 2.45) is 0 Å². The highest BCUT2D eigenvalue weighted by Gasteiger charge is 2.29. The minimum absolute atomic E-state index is 0.0989. The molecule has 0 saturated heterocycles. The first kappa shape index (κ1) is 20.5. The fourth-order valence-corrected chi connectivity index (χ4v) is 3.48. The van der Waals surface area contributed by atoms with Gasteiger partial charge >= 0.3 is 6.03 Å². The Morgan fingerprint density at radius 2 is 2.10 bits per heavy atom. The summed E-state index contributed by atoms with van der Waals surface area (Å²) in [5, 5.41) is 12.9. The van der Waals surface area contributed by atoms with E-state index in [0.29, 0.717) is 26.1 Å². The Morgan fingerprint density at radius 1 is 1.28 bits per heavy atom. The average molecular weight is 387 g/mol. The number of fused-ring (bicyclic) bond motifs is 1. The lowest BCUT2D eigenvalue weighted by molar-refractivity contribution is 0.210. The second-order valence-corrected chi connectivity index (χ2v) is 7.37. The SMILES string of the molecule is CCN1Cc2ccc(C(C)(C#N)Cc3cccc(C#CCOC)c3)cc2NC1=O. The number of benzene rings is 2. The van der Waals surface area contributed by atoms with E-state index in [-0.39, 0.29) is 6.03 Å². The third-order valence-electron chi connectivity index (χ3n) is 5.20. The Bertz CT molecular complexity index is 1010. The highest BCUT2D eigenvalue weighted by molar-refractivity contribution is 5.92. The molecular formula is C24H25N3O2. The molecule has 148 valence electrons. The Hall–Kier alpha value is -3.28. The molecule has 2 aromatic carbocycles. The third kappa shape index (κ3) is 4.59. The van der Waals surface area contributed by atoms with E-state index in [1.54, 1.807) is 12.0 Å². The molecule has 2 aromatic rings. The average Bonchev–Trinajstić information content (AvgIpc) is 2.73. The Kier molecular flexibility index (Phi) is 6.22. The van der Waals surface area contributed by atoms with Crippen LogP contribution in [0, 0.1) is 23.2 Å². The number of hydrogen-bond acceptors (Lipinski definition) is 3. The molecule has 0 aromatic heterocycles. The molecule has 1 aliphatic rings. The van der Waals surface area contributed by atoms with E-state index in [2.05, 4.69) is 23.2 Å². The summed E-state index contributed by atoms with van der Waals surface area (Å²) in [7, 11) is 1.62. The van der Waals surface area contributed by atoms with Crippen LogP contribution in [-0.2, 0) is 23.1 Å². The predicted molar refractivity (Wildman–Crippen MR) is 113 cm³/mol. The van der Waals surface area contributed by atoms with Crippen LogP contribution in [0.4, 0.5) is 10.5 Å². The third-order valence-corrected chi connectivity index (χ3v) is 5.20. The molecule has 0 saturated carbocycles. The largest absolute Gasteiger partial charge is 0.372 e. The molecule has 0 radical (unpaired) electrons. The van der Waals surface area contributed by atoms with Gasteiger partial charge in [-0.15, -0.1) is 0 Å². The molecule has 29 heavy (non-hydrogen) atoms. The molecule has 0 aliphatic carbocycles. The summed E-state index contributed by atoms with van der Waals surface area (Å²) in [6.45, 7) is 5.52. The zero-order valence-corrected chi connectivity index (χ0v) is 17.1. The smallest absolute Gasteiger partial charge is 0.322 e. The zero-order chi connectivity index (χ0) is 20.9. The minimum Gasteiger partial charge on any atom is -0.372 e. The van der Waals surface area contributed by atoms with Gasteiger partial charge in [0.25, 0.3) is 0 Å². The molecule has 0 spiro atoms. The van der Waals surface area contributed by atoms with Crippen LogP contribution in [0.1, 0.15) is 36.1 Å². The fraction of sp³-hybridized carbons (Fsp3) is 0.333. The van der Waals surface area contributed by atoms with Crippen molar-refractivity contribution in [2.75, 3.05) is 25.6 Å². The predicted octanol–water partition coefficient (Wildman–Crippen LogP) is 4.08. The van der Waals surface area contributed by atoms with Gasteiger partial charge in [-0.05, 0) is 55.2 Å². The first-order valence-electron chi connectivity index (χ1n) is 9.66. The monoisotopic (exact) mass is 387 g/mol. The van der Waals surface area contributed by atoms with Crippen LogP contribution >= 0.6 is 0 Å². The van der Waals surface area contributed by atoms with Gasteiger partial charge in [0.05, 0.1) is 11.5 Å².